The monoisotopic (exact) mass is 325 g/mol. The Bertz CT molecular complexity index is 333. The first-order valence-corrected chi connectivity index (χ1v) is 8.90. The van der Waals surface area contributed by atoms with E-state index >= 15 is 0 Å². The number of aryl methyl sites for hydroxylation is 3. The molecule has 0 aliphatic carbocycles. The van der Waals surface area contributed by atoms with Crippen molar-refractivity contribution in [3.8, 4) is 0 Å². The van der Waals surface area contributed by atoms with Crippen molar-refractivity contribution < 1.29 is 4.79 Å². The number of hydrogen-bond donors (Lipinski definition) is 1. The molecule has 0 aromatic heterocycles. The summed E-state index contributed by atoms with van der Waals surface area (Å²) in [4.78, 5) is 8.81. The fraction of sp³-hybridized carbons (Fsp3) is 0.667. The fourth-order valence-electron chi connectivity index (χ4n) is 1.50. The number of benzene rings is 1. The first-order valence-electron chi connectivity index (χ1n) is 8.90. The molecule has 0 spiro atoms. The Balaban J connectivity index is -0.000000115. The van der Waals surface area contributed by atoms with Crippen LogP contribution in [0.3, 0.4) is 0 Å². The molecule has 138 valence electrons. The minimum Gasteiger partial charge on any atom is -0.333 e. The van der Waals surface area contributed by atoms with Crippen LogP contribution in [0.25, 0.3) is 0 Å². The van der Waals surface area contributed by atoms with Gasteiger partial charge in [-0.1, -0.05) is 77.6 Å². The minimum absolute atomic E-state index is 0.750. The fourth-order valence-corrected chi connectivity index (χ4v) is 1.50. The number of rotatable bonds is 3. The van der Waals surface area contributed by atoms with Gasteiger partial charge in [-0.05, 0) is 51.8 Å². The number of carbonyl (C=O) groups excluding carboxylic acids is 1. The van der Waals surface area contributed by atoms with Crippen molar-refractivity contribution in [2.45, 2.75) is 81.6 Å². The average molecular weight is 326 g/mol. The molecule has 0 bridgehead atoms. The summed E-state index contributed by atoms with van der Waals surface area (Å²) in [5.74, 6) is 0.903. The molecule has 0 heterocycles. The lowest BCUT2D eigenvalue weighted by atomic mass is 10.1. The van der Waals surface area contributed by atoms with Crippen molar-refractivity contribution in [1.29, 1.82) is 0 Å². The normalized spacial score (nSPS) is 8.00. The predicted molar refractivity (Wildman–Crippen MR) is 108 cm³/mol. The Hall–Kier alpha value is -1.15. The van der Waals surface area contributed by atoms with Crippen molar-refractivity contribution >= 4 is 6.29 Å². The highest BCUT2D eigenvalue weighted by atomic mass is 16.1. The van der Waals surface area contributed by atoms with E-state index in [-0.39, 0.29) is 0 Å². The van der Waals surface area contributed by atoms with Crippen LogP contribution in [0.15, 0.2) is 18.2 Å². The summed E-state index contributed by atoms with van der Waals surface area (Å²) < 4.78 is 0. The SMILES string of the molecule is CC.CC=O.CCCCC(C)C.CN.Cc1ccc(C)c(C)c1. The maximum absolute atomic E-state index is 8.81. The summed E-state index contributed by atoms with van der Waals surface area (Å²) in [5, 5.41) is 0. The summed E-state index contributed by atoms with van der Waals surface area (Å²) in [7, 11) is 1.50. The van der Waals surface area contributed by atoms with Gasteiger partial charge >= 0.3 is 0 Å². The highest BCUT2D eigenvalue weighted by Crippen LogP contribution is 2.07. The third-order valence-corrected chi connectivity index (χ3v) is 2.80. The largest absolute Gasteiger partial charge is 0.333 e. The number of carbonyl (C=O) groups is 1. The highest BCUT2D eigenvalue weighted by molar-refractivity contribution is 5.44. The lowest BCUT2D eigenvalue weighted by molar-refractivity contribution is -0.106. The van der Waals surface area contributed by atoms with E-state index in [9.17, 15) is 0 Å². The molecule has 1 aromatic carbocycles. The van der Waals surface area contributed by atoms with Crippen LogP contribution in [0, 0.1) is 26.7 Å². The van der Waals surface area contributed by atoms with E-state index in [4.69, 9.17) is 4.79 Å². The van der Waals surface area contributed by atoms with Gasteiger partial charge < -0.3 is 10.5 Å². The van der Waals surface area contributed by atoms with Gasteiger partial charge in [0.25, 0.3) is 0 Å². The van der Waals surface area contributed by atoms with Gasteiger partial charge in [0, 0.05) is 0 Å². The molecule has 0 unspecified atom stereocenters. The zero-order valence-electron chi connectivity index (χ0n) is 17.5. The third kappa shape index (κ3) is 29.5. The van der Waals surface area contributed by atoms with Crippen molar-refractivity contribution in [2.75, 3.05) is 7.05 Å². The summed E-state index contributed by atoms with van der Waals surface area (Å²) >= 11 is 0. The number of nitrogens with two attached hydrogens (primary N) is 1. The van der Waals surface area contributed by atoms with Crippen LogP contribution in [0.2, 0.25) is 0 Å². The molecular formula is C21H43NO. The highest BCUT2D eigenvalue weighted by Gasteiger charge is 1.89. The molecule has 0 aliphatic rings. The van der Waals surface area contributed by atoms with E-state index in [2.05, 4.69) is 65.5 Å². The van der Waals surface area contributed by atoms with Gasteiger partial charge in [0.2, 0.25) is 0 Å². The molecule has 1 aromatic rings. The number of hydrogen-bond acceptors (Lipinski definition) is 2. The van der Waals surface area contributed by atoms with E-state index in [1.54, 1.807) is 0 Å². The zero-order chi connectivity index (χ0) is 19.3. The Labute approximate surface area is 146 Å². The maximum Gasteiger partial charge on any atom is 0.116 e. The molecular weight excluding hydrogens is 282 g/mol. The van der Waals surface area contributed by atoms with Crippen LogP contribution in [-0.4, -0.2) is 13.3 Å². The first-order chi connectivity index (χ1) is 10.9. The van der Waals surface area contributed by atoms with E-state index in [0.29, 0.717) is 0 Å². The first kappa shape index (κ1) is 29.8. The van der Waals surface area contributed by atoms with E-state index in [0.717, 1.165) is 12.2 Å². The summed E-state index contributed by atoms with van der Waals surface area (Å²) in [6, 6.07) is 6.50. The second kappa shape index (κ2) is 25.8. The molecule has 0 radical (unpaired) electrons. The molecule has 0 amide bonds. The molecule has 0 saturated heterocycles. The van der Waals surface area contributed by atoms with Crippen molar-refractivity contribution in [2.24, 2.45) is 11.7 Å². The minimum atomic E-state index is 0.750. The van der Waals surface area contributed by atoms with E-state index in [1.807, 2.05) is 13.8 Å². The third-order valence-electron chi connectivity index (χ3n) is 2.80. The standard InChI is InChI=1S/C9H12.C7H16.C2H4O.C2H6.CH5N/c1-7-4-5-8(2)9(3)6-7;1-4-5-6-7(2)3;1-2-3;2*1-2/h4-6H,1-3H3;7H,4-6H2,1-3H3;2H,1H3;1-2H3;2H2,1H3. The molecule has 2 nitrogen and oxygen atoms in total. The van der Waals surface area contributed by atoms with E-state index in [1.165, 1.54) is 49.9 Å². The van der Waals surface area contributed by atoms with Crippen molar-refractivity contribution in [3.63, 3.8) is 0 Å². The van der Waals surface area contributed by atoms with Gasteiger partial charge in [0.05, 0.1) is 0 Å². The van der Waals surface area contributed by atoms with Crippen LogP contribution in [0.1, 0.15) is 77.5 Å². The van der Waals surface area contributed by atoms with Gasteiger partial charge in [-0.2, -0.15) is 0 Å². The lowest BCUT2D eigenvalue weighted by Gasteiger charge is -1.98. The van der Waals surface area contributed by atoms with Gasteiger partial charge in [0.15, 0.2) is 0 Å². The quantitative estimate of drug-likeness (QED) is 0.667. The second-order valence-electron chi connectivity index (χ2n) is 5.36. The number of unbranched alkanes of at least 4 members (excludes halogenated alkanes) is 1. The van der Waals surface area contributed by atoms with Crippen LogP contribution in [-0.2, 0) is 4.79 Å². The molecule has 0 fully saturated rings. The van der Waals surface area contributed by atoms with Gasteiger partial charge in [0.1, 0.15) is 6.29 Å². The lowest BCUT2D eigenvalue weighted by Crippen LogP contribution is -1.83. The smallest absolute Gasteiger partial charge is 0.116 e. The predicted octanol–water partition coefficient (Wildman–Crippen LogP) is 6.25. The van der Waals surface area contributed by atoms with Gasteiger partial charge in [-0.25, -0.2) is 0 Å². The summed E-state index contributed by atoms with van der Waals surface area (Å²) in [5.41, 5.74) is 8.61. The van der Waals surface area contributed by atoms with Gasteiger partial charge in [-0.15, -0.1) is 0 Å². The molecule has 0 saturated carbocycles. The van der Waals surface area contributed by atoms with Crippen molar-refractivity contribution in [1.82, 2.24) is 0 Å². The molecule has 2 N–H and O–H groups in total. The molecule has 23 heavy (non-hydrogen) atoms. The Kier molecular flexibility index (Phi) is 33.4. The summed E-state index contributed by atoms with van der Waals surface area (Å²) in [6.07, 6.45) is 4.90. The van der Waals surface area contributed by atoms with Gasteiger partial charge in [-0.3, -0.25) is 0 Å². The van der Waals surface area contributed by atoms with Crippen LogP contribution in [0.4, 0.5) is 0 Å². The van der Waals surface area contributed by atoms with Crippen molar-refractivity contribution in [3.05, 3.63) is 34.9 Å². The topological polar surface area (TPSA) is 43.1 Å². The molecule has 1 rings (SSSR count). The Morgan fingerprint density at radius 3 is 1.70 bits per heavy atom. The second-order valence-corrected chi connectivity index (χ2v) is 5.36. The van der Waals surface area contributed by atoms with Crippen LogP contribution < -0.4 is 5.73 Å². The number of aldehydes is 1. The zero-order valence-corrected chi connectivity index (χ0v) is 17.5. The average Bonchev–Trinajstić information content (AvgIpc) is 2.54. The van der Waals surface area contributed by atoms with Crippen LogP contribution in [0.5, 0.6) is 0 Å². The van der Waals surface area contributed by atoms with Crippen LogP contribution >= 0.6 is 0 Å². The van der Waals surface area contributed by atoms with E-state index < -0.39 is 0 Å². The Morgan fingerprint density at radius 2 is 1.48 bits per heavy atom. The summed E-state index contributed by atoms with van der Waals surface area (Å²) in [6.45, 7) is 18.6. The molecule has 0 aliphatic heterocycles. The molecule has 2 heteroatoms. The molecule has 0 atom stereocenters. The maximum atomic E-state index is 8.81. The Morgan fingerprint density at radius 1 is 1.04 bits per heavy atom.